The fraction of sp³-hybridized carbons (Fsp3) is 0.500. The lowest BCUT2D eigenvalue weighted by Crippen LogP contribution is -2.14. The smallest absolute Gasteiger partial charge is 0.133 e. The third-order valence-electron chi connectivity index (χ3n) is 2.53. The van der Waals surface area contributed by atoms with Crippen LogP contribution >= 0.6 is 0 Å². The van der Waals surface area contributed by atoms with E-state index in [9.17, 15) is 13.2 Å². The fourth-order valence-electron chi connectivity index (χ4n) is 1.67. The molecule has 0 spiro atoms. The first-order valence-electron chi connectivity index (χ1n) is 5.46. The number of unbranched alkanes of at least 4 members (excludes halogenated alkanes) is 2. The summed E-state index contributed by atoms with van der Waals surface area (Å²) in [5, 5.41) is 0. The van der Waals surface area contributed by atoms with E-state index in [0.29, 0.717) is 18.6 Å². The van der Waals surface area contributed by atoms with Crippen molar-refractivity contribution < 1.29 is 13.2 Å². The average molecular weight is 231 g/mol. The van der Waals surface area contributed by atoms with Crippen LogP contribution in [0.3, 0.4) is 0 Å². The SMILES string of the molecule is CCCCCC(N)c1c(F)cc(F)cc1F. The highest BCUT2D eigenvalue weighted by atomic mass is 19.1. The van der Waals surface area contributed by atoms with Crippen molar-refractivity contribution in [2.24, 2.45) is 5.73 Å². The van der Waals surface area contributed by atoms with Crippen molar-refractivity contribution in [1.82, 2.24) is 0 Å². The van der Waals surface area contributed by atoms with Gasteiger partial charge in [0.15, 0.2) is 0 Å². The van der Waals surface area contributed by atoms with E-state index >= 15 is 0 Å². The molecule has 1 atom stereocenters. The molecule has 1 nitrogen and oxygen atoms in total. The fourth-order valence-corrected chi connectivity index (χ4v) is 1.67. The summed E-state index contributed by atoms with van der Waals surface area (Å²) in [4.78, 5) is 0. The molecule has 0 heterocycles. The van der Waals surface area contributed by atoms with Crippen LogP contribution < -0.4 is 5.73 Å². The van der Waals surface area contributed by atoms with Crippen LogP contribution in [0.15, 0.2) is 12.1 Å². The first kappa shape index (κ1) is 13.0. The molecule has 0 aliphatic heterocycles. The molecule has 0 bridgehead atoms. The Morgan fingerprint density at radius 3 is 2.19 bits per heavy atom. The Labute approximate surface area is 93.5 Å². The zero-order chi connectivity index (χ0) is 12.1. The molecule has 16 heavy (non-hydrogen) atoms. The Balaban J connectivity index is 2.78. The Bertz CT molecular complexity index is 329. The van der Waals surface area contributed by atoms with Gasteiger partial charge < -0.3 is 5.73 Å². The molecular weight excluding hydrogens is 215 g/mol. The van der Waals surface area contributed by atoms with Crippen molar-refractivity contribution in [3.05, 3.63) is 35.1 Å². The van der Waals surface area contributed by atoms with Gasteiger partial charge in [0.05, 0.1) is 0 Å². The van der Waals surface area contributed by atoms with Crippen LogP contribution in [-0.2, 0) is 0 Å². The van der Waals surface area contributed by atoms with Gasteiger partial charge in [-0.25, -0.2) is 13.2 Å². The van der Waals surface area contributed by atoms with Crippen LogP contribution in [0.1, 0.15) is 44.2 Å². The van der Waals surface area contributed by atoms with E-state index in [0.717, 1.165) is 19.3 Å². The highest BCUT2D eigenvalue weighted by Gasteiger charge is 2.17. The van der Waals surface area contributed by atoms with Crippen LogP contribution in [0, 0.1) is 17.5 Å². The first-order chi connectivity index (χ1) is 7.56. The number of hydrogen-bond acceptors (Lipinski definition) is 1. The molecule has 0 amide bonds. The van der Waals surface area contributed by atoms with Gasteiger partial charge in [0.1, 0.15) is 17.5 Å². The Kier molecular flexibility index (Phi) is 4.80. The molecule has 1 rings (SSSR count). The second kappa shape index (κ2) is 5.89. The molecule has 90 valence electrons. The van der Waals surface area contributed by atoms with Crippen LogP contribution in [-0.4, -0.2) is 0 Å². The lowest BCUT2D eigenvalue weighted by Gasteiger charge is -2.13. The van der Waals surface area contributed by atoms with Crippen molar-refractivity contribution in [1.29, 1.82) is 0 Å². The zero-order valence-corrected chi connectivity index (χ0v) is 9.27. The third kappa shape index (κ3) is 3.23. The predicted octanol–water partition coefficient (Wildman–Crippen LogP) is 3.68. The van der Waals surface area contributed by atoms with E-state index in [4.69, 9.17) is 5.73 Å². The monoisotopic (exact) mass is 231 g/mol. The molecule has 1 aromatic carbocycles. The third-order valence-corrected chi connectivity index (χ3v) is 2.53. The quantitative estimate of drug-likeness (QED) is 0.768. The van der Waals surface area contributed by atoms with Gasteiger partial charge in [-0.05, 0) is 6.42 Å². The maximum absolute atomic E-state index is 13.3. The normalized spacial score (nSPS) is 12.8. The number of rotatable bonds is 5. The summed E-state index contributed by atoms with van der Waals surface area (Å²) < 4.78 is 39.3. The summed E-state index contributed by atoms with van der Waals surface area (Å²) in [5.74, 6) is -2.72. The molecular formula is C12H16F3N. The van der Waals surface area contributed by atoms with Gasteiger partial charge in [0.25, 0.3) is 0 Å². The minimum atomic E-state index is -0.917. The van der Waals surface area contributed by atoms with Gasteiger partial charge in [0.2, 0.25) is 0 Å². The molecule has 2 N–H and O–H groups in total. The van der Waals surface area contributed by atoms with E-state index in [2.05, 4.69) is 0 Å². The summed E-state index contributed by atoms with van der Waals surface area (Å²) in [6.07, 6.45) is 3.31. The summed E-state index contributed by atoms with van der Waals surface area (Å²) in [5.41, 5.74) is 5.47. The van der Waals surface area contributed by atoms with E-state index in [1.54, 1.807) is 0 Å². The van der Waals surface area contributed by atoms with Crippen molar-refractivity contribution in [3.63, 3.8) is 0 Å². The molecule has 0 aromatic heterocycles. The van der Waals surface area contributed by atoms with Crippen LogP contribution in [0.2, 0.25) is 0 Å². The minimum Gasteiger partial charge on any atom is -0.324 e. The topological polar surface area (TPSA) is 26.0 Å². The summed E-state index contributed by atoms with van der Waals surface area (Å²) >= 11 is 0. The summed E-state index contributed by atoms with van der Waals surface area (Å²) in [6, 6.07) is 0.628. The Morgan fingerprint density at radius 1 is 1.12 bits per heavy atom. The van der Waals surface area contributed by atoms with E-state index in [1.165, 1.54) is 0 Å². The molecule has 4 heteroatoms. The van der Waals surface area contributed by atoms with Gasteiger partial charge in [-0.3, -0.25) is 0 Å². The van der Waals surface area contributed by atoms with Gasteiger partial charge in [0, 0.05) is 23.7 Å². The van der Waals surface area contributed by atoms with Crippen molar-refractivity contribution in [3.8, 4) is 0 Å². The lowest BCUT2D eigenvalue weighted by atomic mass is 10.00. The number of benzene rings is 1. The highest BCUT2D eigenvalue weighted by molar-refractivity contribution is 5.23. The predicted molar refractivity (Wildman–Crippen MR) is 57.4 cm³/mol. The van der Waals surface area contributed by atoms with Gasteiger partial charge >= 0.3 is 0 Å². The molecule has 0 saturated heterocycles. The van der Waals surface area contributed by atoms with E-state index in [1.807, 2.05) is 6.92 Å². The maximum Gasteiger partial charge on any atom is 0.133 e. The summed E-state index contributed by atoms with van der Waals surface area (Å²) in [6.45, 7) is 2.03. The van der Waals surface area contributed by atoms with Crippen molar-refractivity contribution >= 4 is 0 Å². The Hall–Kier alpha value is -1.03. The molecule has 0 radical (unpaired) electrons. The number of hydrogen-bond donors (Lipinski definition) is 1. The van der Waals surface area contributed by atoms with Crippen LogP contribution in [0.25, 0.3) is 0 Å². The van der Waals surface area contributed by atoms with Gasteiger partial charge in [-0.2, -0.15) is 0 Å². The largest absolute Gasteiger partial charge is 0.324 e. The summed E-state index contributed by atoms with van der Waals surface area (Å²) in [7, 11) is 0. The zero-order valence-electron chi connectivity index (χ0n) is 9.27. The van der Waals surface area contributed by atoms with E-state index < -0.39 is 23.5 Å². The molecule has 0 aliphatic carbocycles. The van der Waals surface area contributed by atoms with Gasteiger partial charge in [-0.1, -0.05) is 26.2 Å². The molecule has 1 aromatic rings. The van der Waals surface area contributed by atoms with Crippen LogP contribution in [0.5, 0.6) is 0 Å². The molecule has 1 unspecified atom stereocenters. The van der Waals surface area contributed by atoms with Crippen molar-refractivity contribution in [2.45, 2.75) is 38.6 Å². The molecule has 0 aliphatic rings. The molecule has 0 fully saturated rings. The molecule has 0 saturated carbocycles. The van der Waals surface area contributed by atoms with Crippen molar-refractivity contribution in [2.75, 3.05) is 0 Å². The average Bonchev–Trinajstić information content (AvgIpc) is 2.16. The number of nitrogens with two attached hydrogens (primary N) is 1. The first-order valence-corrected chi connectivity index (χ1v) is 5.46. The number of halogens is 3. The van der Waals surface area contributed by atoms with Crippen LogP contribution in [0.4, 0.5) is 13.2 Å². The lowest BCUT2D eigenvalue weighted by molar-refractivity contribution is 0.483. The highest BCUT2D eigenvalue weighted by Crippen LogP contribution is 2.24. The Morgan fingerprint density at radius 2 is 1.69 bits per heavy atom. The second-order valence-electron chi connectivity index (χ2n) is 3.89. The minimum absolute atomic E-state index is 0.211. The van der Waals surface area contributed by atoms with E-state index in [-0.39, 0.29) is 5.56 Å². The van der Waals surface area contributed by atoms with Gasteiger partial charge in [-0.15, -0.1) is 0 Å². The standard InChI is InChI=1S/C12H16F3N/c1-2-3-4-5-11(16)12-9(14)6-8(13)7-10(12)15/h6-7,11H,2-5,16H2,1H3. The maximum atomic E-state index is 13.3. The second-order valence-corrected chi connectivity index (χ2v) is 3.89.